The minimum Gasteiger partial charge on any atom is -0.481 e. The number of hydrogen-bond donors (Lipinski definition) is 34. The summed E-state index contributed by atoms with van der Waals surface area (Å²) in [6.07, 6.45) is -4.23. The third-order valence-corrected chi connectivity index (χ3v) is 22.1. The summed E-state index contributed by atoms with van der Waals surface area (Å²) < 4.78 is 0. The van der Waals surface area contributed by atoms with Gasteiger partial charge >= 0.3 is 23.9 Å². The van der Waals surface area contributed by atoms with Gasteiger partial charge in [-0.1, -0.05) is 71.9 Å². The zero-order chi connectivity index (χ0) is 111. The standard InChI is InChI=1S/C87H142N26O33/c1-40(2)28-50(104-83(142)66(41(3)4)111-73(132)49(21-13-15-25-89)100-74(133)51(31-61(91)119)101-70(129)46(90)30-63(121)122)77(136)112-67(42(5)6)84(143)109-58(38-117)81(140)108-56(36-115)79(138)97-44(8)69(128)106-55(35-114)78(137)96-43(7)68(127)99-47(22-16-26-94-87(92)93)71(130)95-34-62(120)98-48(20-12-14-24-88)72(131)107-57(37-116)80(139)103-52(32-64(123)124)75(134)102-53(33-65(125)126)76(135)105-54(29-45-18-10-9-11-19-45)85(144)113-27-17-23-60(113)82(141)110-59(39-118)86(145)146/h9-11,18-19,40-44,46-60,66-67,114-118H,12-17,20-39,88-90H2,1-8H3,(H2,91,119)(H,95,130)(H,96,137)(H,97,138)(H,98,120)(H,99,127)(H,100,133)(H,101,129)(H,102,134)(H,103,139)(H,104,142)(H,105,135)(H,106,128)(H,107,131)(H,108,140)(H,109,143)(H,110,141)(H,111,132)(H,112,136)(H,121,122)(H,123,124)(H,125,126)(H,145,146)(H4,92,93,94)/t43-,44-,46-,47-,48-,49-,50-,51-,52-,53-,54-,55-,56-,57-,58-,59-,60-,66-,67-/m0/s1. The number of carbonyl (C=O) groups excluding carboxylic acids is 20. The average molecular weight is 2080 g/mol. The van der Waals surface area contributed by atoms with E-state index < -0.39 is 340 Å². The lowest BCUT2D eigenvalue weighted by Crippen LogP contribution is -2.62. The van der Waals surface area contributed by atoms with Crippen LogP contribution in [0.15, 0.2) is 30.3 Å². The van der Waals surface area contributed by atoms with E-state index in [0.29, 0.717) is 12.0 Å². The van der Waals surface area contributed by atoms with Crippen LogP contribution in [0.3, 0.4) is 0 Å². The lowest BCUT2D eigenvalue weighted by molar-refractivity contribution is -0.146. The van der Waals surface area contributed by atoms with Gasteiger partial charge in [0.15, 0.2) is 5.96 Å². The lowest BCUT2D eigenvalue weighted by Gasteiger charge is -2.30. The quantitative estimate of drug-likeness (QED) is 0.0164. The number of carbonyl (C=O) groups is 24. The predicted molar refractivity (Wildman–Crippen MR) is 508 cm³/mol. The molecule has 2 rings (SSSR count). The second-order valence-corrected chi connectivity index (χ2v) is 35.4. The topological polar surface area (TPSA) is 978 Å². The SMILES string of the molecule is CC(C)C[C@H](NC(=O)[C@@H](NC(=O)[C@H](CCCCN)NC(=O)[C@H](CC(N)=O)NC(=O)[C@@H](N)CC(=O)O)C(C)C)C(=O)N[C@H](C(=O)N[C@@H](CO)C(=O)N[C@@H](CO)C(=O)N[C@@H](C)C(=O)N[C@@H](CO)C(=O)N[C@@H](C)C(=O)N[C@@H](CCCNC(=N)N)C(=O)NCC(=O)N[C@@H](CCCCN)C(=O)N[C@@H](CO)C(=O)N[C@@H](CC(=O)O)C(=O)N[C@@H](CC(=O)O)C(=O)N[C@@H](Cc1ccccc1)C(=O)N1CCC[C@H]1C(=O)N[C@@H](CO)C(=O)O)C(C)C. The number of guanidine groups is 1. The Morgan fingerprint density at radius 2 is 0.733 bits per heavy atom. The van der Waals surface area contributed by atoms with Gasteiger partial charge in [-0.2, -0.15) is 0 Å². The summed E-state index contributed by atoms with van der Waals surface area (Å²) in [4.78, 5) is 323. The summed E-state index contributed by atoms with van der Waals surface area (Å²) in [5.74, 6) is -32.1. The molecule has 1 aromatic carbocycles. The van der Waals surface area contributed by atoms with E-state index in [9.17, 15) is 156 Å². The van der Waals surface area contributed by atoms with E-state index in [0.717, 1.165) is 18.7 Å². The van der Waals surface area contributed by atoms with Crippen LogP contribution in [0.4, 0.5) is 0 Å². The van der Waals surface area contributed by atoms with Crippen LogP contribution in [0.2, 0.25) is 0 Å². The van der Waals surface area contributed by atoms with E-state index in [1.54, 1.807) is 44.2 Å². The molecule has 0 spiro atoms. The first-order chi connectivity index (χ1) is 68.6. The molecule has 59 nitrogen and oxygen atoms in total. The van der Waals surface area contributed by atoms with Crippen LogP contribution in [-0.2, 0) is 121 Å². The maximum absolute atomic E-state index is 14.3. The van der Waals surface area contributed by atoms with Gasteiger partial charge in [0.05, 0.1) is 71.3 Å². The number of aliphatic hydroxyl groups excluding tert-OH is 5. The number of likely N-dealkylation sites (tertiary alicyclic amines) is 1. The molecule has 1 fully saturated rings. The van der Waals surface area contributed by atoms with Crippen LogP contribution < -0.4 is 130 Å². The summed E-state index contributed by atoms with van der Waals surface area (Å²) >= 11 is 0. The number of primary amides is 1. The summed E-state index contributed by atoms with van der Waals surface area (Å²) in [5.41, 5.74) is 28.2. The van der Waals surface area contributed by atoms with Crippen molar-refractivity contribution in [2.75, 3.05) is 65.8 Å². The Labute approximate surface area is 838 Å². The first-order valence-corrected chi connectivity index (χ1v) is 46.8. The van der Waals surface area contributed by atoms with E-state index in [2.05, 4.69) is 90.4 Å². The van der Waals surface area contributed by atoms with Crippen LogP contribution in [0, 0.1) is 23.2 Å². The van der Waals surface area contributed by atoms with Crippen molar-refractivity contribution in [1.29, 1.82) is 5.41 Å². The minimum atomic E-state index is -2.23. The molecule has 1 aliphatic rings. The van der Waals surface area contributed by atoms with Crippen LogP contribution in [0.25, 0.3) is 0 Å². The Morgan fingerprint density at radius 1 is 0.377 bits per heavy atom. The van der Waals surface area contributed by atoms with Crippen molar-refractivity contribution in [3.05, 3.63) is 35.9 Å². The monoisotopic (exact) mass is 2080 g/mol. The molecule has 20 amide bonds. The number of unbranched alkanes of at least 4 members (excludes halogenated alkanes) is 2. The molecular formula is C87H142N26O33. The number of rotatable bonds is 69. The molecular weight excluding hydrogens is 1940 g/mol. The van der Waals surface area contributed by atoms with Gasteiger partial charge in [-0.05, 0) is 121 Å². The van der Waals surface area contributed by atoms with Gasteiger partial charge < -0.3 is 181 Å². The highest BCUT2D eigenvalue weighted by Crippen LogP contribution is 2.22. The average Bonchev–Trinajstić information content (AvgIpc) is 1.68. The normalized spacial score (nSPS) is 15.9. The second kappa shape index (κ2) is 65.7. The van der Waals surface area contributed by atoms with E-state index >= 15 is 0 Å². The Kier molecular flexibility index (Phi) is 57.4. The first kappa shape index (κ1) is 128. The van der Waals surface area contributed by atoms with Crippen molar-refractivity contribution in [3.8, 4) is 0 Å². The minimum absolute atomic E-state index is 0.00633. The van der Waals surface area contributed by atoms with Gasteiger partial charge in [-0.25, -0.2) is 4.79 Å². The molecule has 39 N–H and O–H groups in total. The molecule has 1 aliphatic heterocycles. The van der Waals surface area contributed by atoms with Crippen molar-refractivity contribution >= 4 is 148 Å². The highest BCUT2D eigenvalue weighted by Gasteiger charge is 2.44. The number of nitrogens with two attached hydrogens (primary N) is 5. The molecule has 818 valence electrons. The maximum Gasteiger partial charge on any atom is 0.328 e. The summed E-state index contributed by atoms with van der Waals surface area (Å²) in [7, 11) is 0. The molecule has 146 heavy (non-hydrogen) atoms. The predicted octanol–water partition coefficient (Wildman–Crippen LogP) is -14.8. The number of aliphatic hydroxyl groups is 5. The molecule has 0 saturated carbocycles. The molecule has 1 saturated heterocycles. The van der Waals surface area contributed by atoms with Crippen LogP contribution in [0.1, 0.15) is 157 Å². The van der Waals surface area contributed by atoms with Crippen LogP contribution in [0.5, 0.6) is 0 Å². The Balaban J connectivity index is 2.26. The largest absolute Gasteiger partial charge is 0.481 e. The number of hydrogen-bond acceptors (Lipinski definition) is 33. The third kappa shape index (κ3) is 46.0. The van der Waals surface area contributed by atoms with E-state index in [4.69, 9.17) is 39.2 Å². The number of nitrogens with one attached hydrogen (secondary N) is 20. The zero-order valence-corrected chi connectivity index (χ0v) is 82.1. The number of aliphatic carboxylic acids is 4. The summed E-state index contributed by atoms with van der Waals surface area (Å²) in [6, 6.07) is -25.0. The number of nitrogens with zero attached hydrogens (tertiary/aromatic N) is 1. The smallest absolute Gasteiger partial charge is 0.328 e. The van der Waals surface area contributed by atoms with Gasteiger partial charge in [0, 0.05) is 19.5 Å². The Hall–Kier alpha value is -14.5. The molecule has 0 aromatic heterocycles. The third-order valence-electron chi connectivity index (χ3n) is 22.1. The van der Waals surface area contributed by atoms with Crippen LogP contribution in [-0.4, -0.2) is 379 Å². The van der Waals surface area contributed by atoms with Crippen molar-refractivity contribution in [2.45, 2.75) is 273 Å². The first-order valence-electron chi connectivity index (χ1n) is 46.8. The molecule has 0 radical (unpaired) electrons. The number of benzene rings is 1. The summed E-state index contributed by atoms with van der Waals surface area (Å²) in [5, 5.41) is 140. The maximum atomic E-state index is 14.3. The fraction of sp³-hybridized carbons (Fsp3) is 0.644. The molecule has 19 atom stereocenters. The van der Waals surface area contributed by atoms with Gasteiger partial charge in [0.2, 0.25) is 118 Å². The molecule has 0 unspecified atom stereocenters. The molecule has 1 aromatic rings. The zero-order valence-electron chi connectivity index (χ0n) is 82.1. The fourth-order valence-corrected chi connectivity index (χ4v) is 14.2. The van der Waals surface area contributed by atoms with Gasteiger partial charge in [0.25, 0.3) is 0 Å². The number of carboxylic acids is 4. The molecule has 59 heteroatoms. The van der Waals surface area contributed by atoms with Crippen LogP contribution >= 0.6 is 0 Å². The summed E-state index contributed by atoms with van der Waals surface area (Å²) in [6.45, 7) is 4.72. The van der Waals surface area contributed by atoms with E-state index in [1.165, 1.54) is 27.7 Å². The second-order valence-electron chi connectivity index (χ2n) is 35.4. The van der Waals surface area contributed by atoms with Crippen molar-refractivity contribution < 1.29 is 161 Å². The van der Waals surface area contributed by atoms with Crippen molar-refractivity contribution in [2.24, 2.45) is 46.4 Å². The molecule has 1 heterocycles. The molecule has 0 aliphatic carbocycles. The number of amides is 20. The van der Waals surface area contributed by atoms with Crippen molar-refractivity contribution in [1.82, 2.24) is 106 Å². The highest BCUT2D eigenvalue weighted by molar-refractivity contribution is 6.03. The lowest BCUT2D eigenvalue weighted by atomic mass is 9.98. The van der Waals surface area contributed by atoms with Gasteiger partial charge in [-0.3, -0.25) is 116 Å². The van der Waals surface area contributed by atoms with E-state index in [1.807, 2.05) is 10.6 Å². The number of carboxylic acid groups (broad SMARTS) is 4. The fourth-order valence-electron chi connectivity index (χ4n) is 14.2. The Morgan fingerprint density at radius 3 is 1.15 bits per heavy atom. The van der Waals surface area contributed by atoms with Gasteiger partial charge in [0.1, 0.15) is 109 Å². The van der Waals surface area contributed by atoms with Gasteiger partial charge in [-0.15, -0.1) is 0 Å². The Bertz CT molecular complexity index is 4670. The molecule has 0 bridgehead atoms. The highest BCUT2D eigenvalue weighted by atomic mass is 16.4. The van der Waals surface area contributed by atoms with E-state index in [-0.39, 0.29) is 103 Å². The van der Waals surface area contributed by atoms with Crippen molar-refractivity contribution in [3.63, 3.8) is 0 Å².